The molecule has 0 spiro atoms. The number of aromatic hydroxyl groups is 1. The molecular formula is C23H19N3O3S. The summed E-state index contributed by atoms with van der Waals surface area (Å²) in [6, 6.07) is 18.3. The van der Waals surface area contributed by atoms with Crippen molar-refractivity contribution in [1.29, 1.82) is 0 Å². The van der Waals surface area contributed by atoms with E-state index < -0.39 is 0 Å². The Hall–Kier alpha value is -3.58. The minimum atomic E-state index is -0.156. The molecule has 150 valence electrons. The normalized spacial score (nSPS) is 17.0. The summed E-state index contributed by atoms with van der Waals surface area (Å²) in [6.07, 6.45) is 4.90. The zero-order valence-electron chi connectivity index (χ0n) is 16.2. The number of amidine groups is 1. The maximum Gasteiger partial charge on any atom is 0.267 e. The van der Waals surface area contributed by atoms with Crippen LogP contribution in [0.2, 0.25) is 0 Å². The fraction of sp³-hybridized carbons (Fsp3) is 0.0870. The van der Waals surface area contributed by atoms with Gasteiger partial charge >= 0.3 is 0 Å². The summed E-state index contributed by atoms with van der Waals surface area (Å²) < 4.78 is 5.41. The largest absolute Gasteiger partial charge is 0.507 e. The molecule has 0 saturated carbocycles. The van der Waals surface area contributed by atoms with Crippen LogP contribution in [0.3, 0.4) is 0 Å². The van der Waals surface area contributed by atoms with Crippen LogP contribution in [0, 0.1) is 6.92 Å². The molecule has 1 aromatic heterocycles. The van der Waals surface area contributed by atoms with Gasteiger partial charge in [0, 0.05) is 5.56 Å². The minimum absolute atomic E-state index is 0.115. The molecule has 0 radical (unpaired) electrons. The molecule has 2 heterocycles. The van der Waals surface area contributed by atoms with Crippen LogP contribution < -0.4 is 0 Å². The number of rotatable bonds is 5. The molecule has 0 aliphatic carbocycles. The fourth-order valence-corrected chi connectivity index (χ4v) is 3.83. The molecule has 7 heteroatoms. The number of para-hydroxylation sites is 1. The molecule has 0 atom stereocenters. The Morgan fingerprint density at radius 2 is 1.83 bits per heavy atom. The summed E-state index contributed by atoms with van der Waals surface area (Å²) in [5, 5.41) is 18.7. The number of hydrogen-bond donors (Lipinski definition) is 1. The van der Waals surface area contributed by atoms with Crippen molar-refractivity contribution in [2.24, 2.45) is 10.2 Å². The third-order valence-corrected chi connectivity index (χ3v) is 5.53. The molecule has 3 aromatic rings. The van der Waals surface area contributed by atoms with Gasteiger partial charge in [0.2, 0.25) is 0 Å². The first kappa shape index (κ1) is 19.7. The van der Waals surface area contributed by atoms with Gasteiger partial charge < -0.3 is 9.52 Å². The van der Waals surface area contributed by atoms with Gasteiger partial charge in [0.25, 0.3) is 5.91 Å². The number of carbonyl (C=O) groups excluding carboxylic acids is 1. The van der Waals surface area contributed by atoms with E-state index in [1.165, 1.54) is 22.9 Å². The number of phenols is 1. The zero-order valence-corrected chi connectivity index (χ0v) is 17.0. The van der Waals surface area contributed by atoms with Crippen molar-refractivity contribution in [2.75, 3.05) is 0 Å². The Bertz CT molecular complexity index is 1150. The van der Waals surface area contributed by atoms with E-state index in [2.05, 4.69) is 10.2 Å². The second-order valence-corrected chi connectivity index (χ2v) is 7.63. The van der Waals surface area contributed by atoms with E-state index in [0.29, 0.717) is 21.4 Å². The predicted molar refractivity (Wildman–Crippen MR) is 119 cm³/mol. The number of nitrogens with zero attached hydrogens (tertiary/aromatic N) is 3. The predicted octanol–water partition coefficient (Wildman–Crippen LogP) is 4.80. The number of hydrogen-bond acceptors (Lipinski definition) is 6. The van der Waals surface area contributed by atoms with E-state index in [-0.39, 0.29) is 18.2 Å². The topological polar surface area (TPSA) is 78.4 Å². The smallest absolute Gasteiger partial charge is 0.267 e. The molecule has 1 fully saturated rings. The van der Waals surface area contributed by atoms with Crippen LogP contribution in [0.15, 0.2) is 86.5 Å². The molecule has 1 saturated heterocycles. The lowest BCUT2D eigenvalue weighted by atomic mass is 10.1. The molecule has 1 N–H and O–H groups in total. The van der Waals surface area contributed by atoms with Crippen molar-refractivity contribution in [1.82, 2.24) is 4.90 Å². The summed E-state index contributed by atoms with van der Waals surface area (Å²) in [7, 11) is 0. The van der Waals surface area contributed by atoms with Crippen LogP contribution in [0.1, 0.15) is 22.5 Å². The molecule has 1 aliphatic rings. The van der Waals surface area contributed by atoms with E-state index in [1.54, 1.807) is 36.6 Å². The molecule has 1 amide bonds. The highest BCUT2D eigenvalue weighted by molar-refractivity contribution is 8.18. The van der Waals surface area contributed by atoms with E-state index in [1.807, 2.05) is 43.3 Å². The highest BCUT2D eigenvalue weighted by atomic mass is 32.2. The number of carbonyl (C=O) groups is 1. The van der Waals surface area contributed by atoms with Crippen molar-refractivity contribution < 1.29 is 14.3 Å². The number of aryl methyl sites for hydroxylation is 1. The second-order valence-electron chi connectivity index (χ2n) is 6.62. The van der Waals surface area contributed by atoms with Gasteiger partial charge in [-0.2, -0.15) is 5.10 Å². The highest BCUT2D eigenvalue weighted by Crippen LogP contribution is 2.34. The van der Waals surface area contributed by atoms with E-state index in [4.69, 9.17) is 4.42 Å². The molecule has 0 bridgehead atoms. The Morgan fingerprint density at radius 1 is 1.07 bits per heavy atom. The highest BCUT2D eigenvalue weighted by Gasteiger charge is 2.34. The van der Waals surface area contributed by atoms with Crippen LogP contribution >= 0.6 is 11.8 Å². The first-order valence-corrected chi connectivity index (χ1v) is 10.1. The molecule has 0 unspecified atom stereocenters. The molecular weight excluding hydrogens is 398 g/mol. The number of furan rings is 1. The van der Waals surface area contributed by atoms with Gasteiger partial charge in [-0.25, -0.2) is 0 Å². The van der Waals surface area contributed by atoms with Gasteiger partial charge in [-0.15, -0.1) is 5.10 Å². The van der Waals surface area contributed by atoms with Crippen LogP contribution in [0.5, 0.6) is 5.75 Å². The van der Waals surface area contributed by atoms with E-state index >= 15 is 0 Å². The third-order valence-electron chi connectivity index (χ3n) is 4.53. The Balaban J connectivity index is 1.65. The summed E-state index contributed by atoms with van der Waals surface area (Å²) >= 11 is 1.26. The van der Waals surface area contributed by atoms with Crippen molar-refractivity contribution in [3.8, 4) is 5.75 Å². The van der Waals surface area contributed by atoms with E-state index in [0.717, 1.165) is 11.1 Å². The zero-order chi connectivity index (χ0) is 20.9. The molecule has 6 nitrogen and oxygen atoms in total. The van der Waals surface area contributed by atoms with Gasteiger partial charge in [-0.05, 0) is 60.2 Å². The molecule has 30 heavy (non-hydrogen) atoms. The average molecular weight is 417 g/mol. The van der Waals surface area contributed by atoms with Gasteiger partial charge in [0.1, 0.15) is 11.5 Å². The fourth-order valence-electron chi connectivity index (χ4n) is 2.91. The third kappa shape index (κ3) is 4.36. The second kappa shape index (κ2) is 8.84. The Kier molecular flexibility index (Phi) is 5.81. The lowest BCUT2D eigenvalue weighted by Gasteiger charge is -2.12. The van der Waals surface area contributed by atoms with Gasteiger partial charge in [-0.3, -0.25) is 9.69 Å². The lowest BCUT2D eigenvalue weighted by molar-refractivity contribution is -0.122. The molecule has 1 aliphatic heterocycles. The van der Waals surface area contributed by atoms with Crippen molar-refractivity contribution >= 4 is 35.1 Å². The first-order valence-electron chi connectivity index (χ1n) is 9.30. The SMILES string of the molecule is Cc1ccccc1/C=C1\S/C(=N/N=C\c2ccccc2O)N(Cc2ccco2)C1=O. The lowest BCUT2D eigenvalue weighted by Crippen LogP contribution is -2.28. The van der Waals surface area contributed by atoms with Gasteiger partial charge in [-0.1, -0.05) is 36.4 Å². The first-order chi connectivity index (χ1) is 14.6. The summed E-state index contributed by atoms with van der Waals surface area (Å²) in [5.41, 5.74) is 2.61. The van der Waals surface area contributed by atoms with Crippen molar-refractivity contribution in [2.45, 2.75) is 13.5 Å². The average Bonchev–Trinajstić information content (AvgIpc) is 3.35. The monoisotopic (exact) mass is 417 g/mol. The summed E-state index contributed by atoms with van der Waals surface area (Å²) in [6.45, 7) is 2.26. The van der Waals surface area contributed by atoms with Crippen molar-refractivity contribution in [3.63, 3.8) is 0 Å². The van der Waals surface area contributed by atoms with Gasteiger partial charge in [0.05, 0.1) is 23.9 Å². The number of benzene rings is 2. The maximum absolute atomic E-state index is 13.1. The minimum Gasteiger partial charge on any atom is -0.507 e. The summed E-state index contributed by atoms with van der Waals surface area (Å²) in [4.78, 5) is 15.2. The molecule has 4 rings (SSSR count). The molecule has 2 aromatic carbocycles. The Labute approximate surface area is 178 Å². The quantitative estimate of drug-likeness (QED) is 0.367. The number of phenolic OH excluding ortho intramolecular Hbond substituents is 1. The number of amides is 1. The summed E-state index contributed by atoms with van der Waals surface area (Å²) in [5.74, 6) is 0.610. The van der Waals surface area contributed by atoms with Crippen LogP contribution in [0.4, 0.5) is 0 Å². The van der Waals surface area contributed by atoms with Crippen LogP contribution in [0.25, 0.3) is 6.08 Å². The van der Waals surface area contributed by atoms with Gasteiger partial charge in [0.15, 0.2) is 5.17 Å². The van der Waals surface area contributed by atoms with Crippen LogP contribution in [-0.4, -0.2) is 27.3 Å². The Morgan fingerprint density at radius 3 is 2.57 bits per heavy atom. The van der Waals surface area contributed by atoms with Crippen molar-refractivity contribution in [3.05, 3.63) is 94.3 Å². The number of thioether (sulfide) groups is 1. The van der Waals surface area contributed by atoms with E-state index in [9.17, 15) is 9.90 Å². The standard InChI is InChI=1S/C23H19N3O3S/c1-16-7-2-3-8-17(16)13-21-22(28)26(15-19-10-6-12-29-19)23(30-21)25-24-14-18-9-4-5-11-20(18)27/h2-14,27H,15H2,1H3/b21-13-,24-14-,25-23+. The maximum atomic E-state index is 13.1. The van der Waals surface area contributed by atoms with Crippen LogP contribution in [-0.2, 0) is 11.3 Å².